The van der Waals surface area contributed by atoms with Gasteiger partial charge < -0.3 is 9.13 Å². The van der Waals surface area contributed by atoms with Crippen molar-refractivity contribution in [1.82, 2.24) is 9.13 Å². The largest absolute Gasteiger partial charge is 0.309 e. The van der Waals surface area contributed by atoms with Crippen LogP contribution in [0.1, 0.15) is 0 Å². The second kappa shape index (κ2) is 17.2. The van der Waals surface area contributed by atoms with Crippen LogP contribution in [-0.2, 0) is 0 Å². The van der Waals surface area contributed by atoms with Crippen molar-refractivity contribution in [2.45, 2.75) is 0 Å². The molecule has 13 rings (SSSR count). The van der Waals surface area contributed by atoms with Gasteiger partial charge in [-0.05, 0) is 77.4 Å². The number of nitrogens with zero attached hydrogens (tertiary/aromatic N) is 2. The van der Waals surface area contributed by atoms with Crippen molar-refractivity contribution in [2.24, 2.45) is 0 Å². The summed E-state index contributed by atoms with van der Waals surface area (Å²) < 4.78 is 4.91. The molecule has 0 radical (unpaired) electrons. The Morgan fingerprint density at radius 3 is 0.971 bits per heavy atom. The molecule has 2 nitrogen and oxygen atoms in total. The minimum Gasteiger partial charge on any atom is -0.309 e. The van der Waals surface area contributed by atoms with Gasteiger partial charge >= 0.3 is 0 Å². The first-order valence-corrected chi connectivity index (χ1v) is 28.3. The first-order valence-electron chi connectivity index (χ1n) is 24.3. The Labute approximate surface area is 410 Å². The van der Waals surface area contributed by atoms with E-state index in [2.05, 4.69) is 300 Å². The molecule has 0 spiro atoms. The van der Waals surface area contributed by atoms with E-state index in [4.69, 9.17) is 0 Å². The Hall–Kier alpha value is -8.55. The Balaban J connectivity index is 1.11. The highest BCUT2D eigenvalue weighted by molar-refractivity contribution is 7.20. The van der Waals surface area contributed by atoms with Crippen molar-refractivity contribution in [1.29, 1.82) is 0 Å². The highest BCUT2D eigenvalue weighted by Gasteiger charge is 2.41. The molecule has 2 aromatic heterocycles. The normalized spacial score (nSPS) is 12.0. The molecule has 0 aliphatic heterocycles. The molecule has 2 heterocycles. The van der Waals surface area contributed by atoms with E-state index < -0.39 is 16.1 Å². The molecule has 0 unspecified atom stereocenters. The molecule has 0 fully saturated rings. The number of para-hydroxylation sites is 2. The molecule has 0 atom stereocenters. The lowest BCUT2D eigenvalue weighted by atomic mass is 10.1. The summed E-state index contributed by atoms with van der Waals surface area (Å²) >= 11 is 0. The molecule has 0 aliphatic rings. The van der Waals surface area contributed by atoms with Crippen molar-refractivity contribution >= 4 is 101 Å². The van der Waals surface area contributed by atoms with Gasteiger partial charge in [0.1, 0.15) is 0 Å². The molecule has 70 heavy (non-hydrogen) atoms. The maximum Gasteiger partial charge on any atom is 0.179 e. The standard InChI is InChI=1S/C66H48N2Si2/c1-7-23-51(24-8-1)69(52-25-9-2-10-26-52,53-27-11-3-12-28-53)57-43-45-65-61(47-57)62-48-58(70(54-29-13-4-14-30-54,55-31-15-5-16-32-55)56-33-17-6-18-34-56)44-46-66(62)68(65)50-41-39-49(40-42-50)67-63-37-21-19-35-59(63)60-36-20-22-38-64(60)67/h1-48H/q-1. The van der Waals surface area contributed by atoms with Crippen LogP contribution < -0.4 is 41.5 Å². The summed E-state index contributed by atoms with van der Waals surface area (Å²) in [4.78, 5) is 0. The van der Waals surface area contributed by atoms with Crippen LogP contribution in [0.25, 0.3) is 55.0 Å². The fourth-order valence-electron chi connectivity index (χ4n) is 11.8. The van der Waals surface area contributed by atoms with Crippen LogP contribution in [0, 0.1) is 0 Å². The average Bonchev–Trinajstić information content (AvgIpc) is 3.96. The maximum atomic E-state index is 2.57. The molecule has 4 heteroatoms. The number of benzene rings is 11. The molecule has 0 aliphatic carbocycles. The fourth-order valence-corrected chi connectivity index (χ4v) is 21.4. The lowest BCUT2D eigenvalue weighted by Gasteiger charge is -2.47. The third-order valence-corrected chi connectivity index (χ3v) is 24.4. The van der Waals surface area contributed by atoms with Gasteiger partial charge in [-0.15, -0.1) is 0 Å². The number of hydrogen-bond donors (Lipinski definition) is 0. The SMILES string of the molecule is c1ccc([Si](c2ccccc2)(c2ccccc2)c2ccc3c(c2)c2cc([Si-](c4ccccc4)(c4ccccc4)c4ccccc4)ccc2n3-c2ccc(-n3c4ccccc4c4ccccc43)cc2)cc1. The predicted molar refractivity (Wildman–Crippen MR) is 302 cm³/mol. The van der Waals surface area contributed by atoms with Gasteiger partial charge in [-0.2, -0.15) is 20.7 Å². The van der Waals surface area contributed by atoms with Crippen molar-refractivity contribution in [3.05, 3.63) is 291 Å². The van der Waals surface area contributed by atoms with Gasteiger partial charge in [-0.3, -0.25) is 0 Å². The molecule has 13 aromatic rings. The van der Waals surface area contributed by atoms with Gasteiger partial charge in [0, 0.05) is 32.9 Å². The van der Waals surface area contributed by atoms with E-state index in [1.807, 2.05) is 0 Å². The summed E-state index contributed by atoms with van der Waals surface area (Å²) in [6.07, 6.45) is 0. The van der Waals surface area contributed by atoms with E-state index in [1.165, 1.54) is 85.1 Å². The van der Waals surface area contributed by atoms with Gasteiger partial charge in [0.05, 0.1) is 22.1 Å². The zero-order chi connectivity index (χ0) is 46.5. The molecule has 0 amide bonds. The summed E-state index contributed by atoms with van der Waals surface area (Å²) in [6, 6.07) is 109. The number of fused-ring (bicyclic) bond motifs is 6. The first-order chi connectivity index (χ1) is 34.7. The van der Waals surface area contributed by atoms with Gasteiger partial charge in [-0.25, -0.2) is 0 Å². The monoisotopic (exact) mass is 924 g/mol. The van der Waals surface area contributed by atoms with E-state index >= 15 is 0 Å². The van der Waals surface area contributed by atoms with Crippen molar-refractivity contribution < 1.29 is 0 Å². The first kappa shape index (κ1) is 41.6. The third kappa shape index (κ3) is 6.45. The van der Waals surface area contributed by atoms with E-state index in [9.17, 15) is 0 Å². The predicted octanol–water partition coefficient (Wildman–Crippen LogP) is 10.6. The summed E-state index contributed by atoms with van der Waals surface area (Å²) in [5, 5.41) is 15.9. The van der Waals surface area contributed by atoms with E-state index in [-0.39, 0.29) is 0 Å². The second-order valence-corrected chi connectivity index (χ2v) is 26.0. The Bertz CT molecular complexity index is 3530. The van der Waals surface area contributed by atoms with Crippen LogP contribution in [0.2, 0.25) is 0 Å². The van der Waals surface area contributed by atoms with Crippen LogP contribution in [-0.4, -0.2) is 25.3 Å². The molecule has 0 N–H and O–H groups in total. The highest BCUT2D eigenvalue weighted by Crippen LogP contribution is 2.35. The molecular weight excluding hydrogens is 877 g/mol. The van der Waals surface area contributed by atoms with Crippen LogP contribution in [0.3, 0.4) is 0 Å². The van der Waals surface area contributed by atoms with Crippen LogP contribution in [0.5, 0.6) is 0 Å². The van der Waals surface area contributed by atoms with E-state index in [1.54, 1.807) is 0 Å². The van der Waals surface area contributed by atoms with Gasteiger partial charge in [-0.1, -0.05) is 243 Å². The summed E-state index contributed by atoms with van der Waals surface area (Å²) in [6.45, 7) is 0. The molecule has 0 saturated carbocycles. The minimum absolute atomic E-state index is 1.13. The fraction of sp³-hybridized carbons (Fsp3) is 0. The topological polar surface area (TPSA) is 9.86 Å². The maximum absolute atomic E-state index is 2.87. The van der Waals surface area contributed by atoms with E-state index in [0.29, 0.717) is 0 Å². The summed E-state index contributed by atoms with van der Waals surface area (Å²) in [5.41, 5.74) is 7.05. The van der Waals surface area contributed by atoms with Crippen LogP contribution in [0.4, 0.5) is 0 Å². The van der Waals surface area contributed by atoms with E-state index in [0.717, 1.165) is 11.4 Å². The van der Waals surface area contributed by atoms with Gasteiger partial charge in [0.2, 0.25) is 0 Å². The molecule has 0 bridgehead atoms. The summed E-state index contributed by atoms with van der Waals surface area (Å²) in [7, 11) is -5.74. The Morgan fingerprint density at radius 1 is 0.229 bits per heavy atom. The van der Waals surface area contributed by atoms with Gasteiger partial charge in [0.15, 0.2) is 8.07 Å². The number of aromatic nitrogens is 2. The van der Waals surface area contributed by atoms with Crippen LogP contribution in [0.15, 0.2) is 291 Å². The quantitative estimate of drug-likeness (QED) is 0.0956. The number of hydrogen-bond acceptors (Lipinski definition) is 0. The zero-order valence-corrected chi connectivity index (χ0v) is 40.6. The highest BCUT2D eigenvalue weighted by atomic mass is 28.3. The van der Waals surface area contributed by atoms with Crippen LogP contribution >= 0.6 is 0 Å². The molecule has 331 valence electrons. The van der Waals surface area contributed by atoms with Crippen molar-refractivity contribution in [3.8, 4) is 11.4 Å². The lowest BCUT2D eigenvalue weighted by molar-refractivity contribution is 1.14. The van der Waals surface area contributed by atoms with Crippen molar-refractivity contribution in [2.75, 3.05) is 0 Å². The Morgan fingerprint density at radius 2 is 0.557 bits per heavy atom. The average molecular weight is 925 g/mol. The molecular formula is C66H48N2Si2-. The van der Waals surface area contributed by atoms with Crippen molar-refractivity contribution in [3.63, 3.8) is 0 Å². The summed E-state index contributed by atoms with van der Waals surface area (Å²) in [5.74, 6) is 0. The molecule has 0 saturated heterocycles. The lowest BCUT2D eigenvalue weighted by Crippen LogP contribution is -2.74. The smallest absolute Gasteiger partial charge is 0.179 e. The Kier molecular flexibility index (Phi) is 10.2. The second-order valence-electron chi connectivity index (χ2n) is 18.4. The molecule has 11 aromatic carbocycles. The minimum atomic E-state index is -2.87. The third-order valence-electron chi connectivity index (χ3n) is 14.8. The number of rotatable bonds is 10. The van der Waals surface area contributed by atoms with Gasteiger partial charge in [0.25, 0.3) is 0 Å². The zero-order valence-electron chi connectivity index (χ0n) is 38.6.